The van der Waals surface area contributed by atoms with Crippen molar-refractivity contribution in [2.45, 2.75) is 32.0 Å². The molecule has 1 heterocycles. The first-order valence-electron chi connectivity index (χ1n) is 5.57. The van der Waals surface area contributed by atoms with Crippen LogP contribution in [0.25, 0.3) is 0 Å². The van der Waals surface area contributed by atoms with Crippen LogP contribution in [-0.2, 0) is 19.9 Å². The van der Waals surface area contributed by atoms with Crippen molar-refractivity contribution >= 4 is 17.6 Å². The van der Waals surface area contributed by atoms with E-state index in [1.807, 2.05) is 13.8 Å². The molecule has 1 fully saturated rings. The molecule has 2 rings (SSSR count). The lowest BCUT2D eigenvalue weighted by Gasteiger charge is -2.14. The molecule has 92 valence electrons. The molecule has 1 saturated heterocycles. The van der Waals surface area contributed by atoms with E-state index in [9.17, 15) is 4.79 Å². The highest BCUT2D eigenvalue weighted by Gasteiger charge is 2.71. The number of carbonyl (C=O) groups excluding carboxylic acids is 1. The van der Waals surface area contributed by atoms with Gasteiger partial charge >= 0.3 is 5.97 Å². The van der Waals surface area contributed by atoms with E-state index in [2.05, 4.69) is 0 Å². The van der Waals surface area contributed by atoms with E-state index in [0.717, 1.165) is 5.56 Å². The zero-order chi connectivity index (χ0) is 12.7. The molecule has 1 unspecified atom stereocenters. The Balaban J connectivity index is 2.37. The molecule has 1 atom stereocenters. The van der Waals surface area contributed by atoms with E-state index >= 15 is 0 Å². The summed E-state index contributed by atoms with van der Waals surface area (Å²) in [5.41, 5.74) is -0.730. The largest absolute Gasteiger partial charge is 0.464 e. The van der Waals surface area contributed by atoms with Crippen LogP contribution in [0, 0.1) is 0 Å². The number of esters is 1. The molecule has 0 N–H and O–H groups in total. The van der Waals surface area contributed by atoms with E-state index in [1.165, 1.54) is 0 Å². The second-order valence-corrected chi connectivity index (χ2v) is 4.96. The van der Waals surface area contributed by atoms with Crippen LogP contribution in [0.5, 0.6) is 0 Å². The van der Waals surface area contributed by atoms with Crippen LogP contribution in [0.4, 0.5) is 0 Å². The second kappa shape index (κ2) is 4.00. The van der Waals surface area contributed by atoms with Crippen molar-refractivity contribution in [1.29, 1.82) is 0 Å². The highest BCUT2D eigenvalue weighted by atomic mass is 35.5. The van der Waals surface area contributed by atoms with Gasteiger partial charge in [0.15, 0.2) is 0 Å². The van der Waals surface area contributed by atoms with Crippen LogP contribution >= 0.6 is 11.6 Å². The van der Waals surface area contributed by atoms with Crippen LogP contribution in [0.15, 0.2) is 24.3 Å². The number of hydrogen-bond acceptors (Lipinski definition) is 3. The van der Waals surface area contributed by atoms with E-state index in [4.69, 9.17) is 21.1 Å². The maximum atomic E-state index is 12.0. The van der Waals surface area contributed by atoms with Gasteiger partial charge in [0.2, 0.25) is 5.60 Å². The zero-order valence-corrected chi connectivity index (χ0v) is 10.9. The SMILES string of the molecule is CCOC(=O)C1(c2ccc(Cl)cc2)OC1(C)C. The fourth-order valence-electron chi connectivity index (χ4n) is 2.09. The molecule has 0 radical (unpaired) electrons. The Morgan fingerprint density at radius 1 is 1.35 bits per heavy atom. The molecule has 4 heteroatoms. The molecule has 1 aromatic carbocycles. The number of epoxide rings is 1. The van der Waals surface area contributed by atoms with Gasteiger partial charge in [-0.15, -0.1) is 0 Å². The number of ether oxygens (including phenoxy) is 2. The van der Waals surface area contributed by atoms with E-state index in [1.54, 1.807) is 31.2 Å². The maximum absolute atomic E-state index is 12.0. The highest BCUT2D eigenvalue weighted by Crippen LogP contribution is 2.56. The zero-order valence-electron chi connectivity index (χ0n) is 10.1. The molecule has 1 aliphatic heterocycles. The highest BCUT2D eigenvalue weighted by molar-refractivity contribution is 6.30. The van der Waals surface area contributed by atoms with Crippen LogP contribution in [0.1, 0.15) is 26.3 Å². The number of hydrogen-bond donors (Lipinski definition) is 0. The number of halogens is 1. The van der Waals surface area contributed by atoms with E-state index in [-0.39, 0.29) is 5.97 Å². The first-order chi connectivity index (χ1) is 7.94. The van der Waals surface area contributed by atoms with E-state index in [0.29, 0.717) is 11.6 Å². The van der Waals surface area contributed by atoms with Gasteiger partial charge in [-0.25, -0.2) is 4.79 Å². The molecule has 0 bridgehead atoms. The summed E-state index contributed by atoms with van der Waals surface area (Å²) in [5.74, 6) is -0.340. The molecule has 0 aromatic heterocycles. The van der Waals surface area contributed by atoms with Gasteiger partial charge in [-0.1, -0.05) is 23.7 Å². The van der Waals surface area contributed by atoms with Gasteiger partial charge in [0, 0.05) is 5.02 Å². The Hall–Kier alpha value is -1.06. The molecule has 0 spiro atoms. The minimum Gasteiger partial charge on any atom is -0.464 e. The topological polar surface area (TPSA) is 38.8 Å². The van der Waals surface area contributed by atoms with E-state index < -0.39 is 11.2 Å². The van der Waals surface area contributed by atoms with Gasteiger partial charge in [0.25, 0.3) is 0 Å². The van der Waals surface area contributed by atoms with Crippen molar-refractivity contribution in [3.63, 3.8) is 0 Å². The summed E-state index contributed by atoms with van der Waals surface area (Å²) in [6, 6.07) is 7.09. The van der Waals surface area contributed by atoms with Gasteiger partial charge < -0.3 is 9.47 Å². The second-order valence-electron chi connectivity index (χ2n) is 4.52. The average molecular weight is 255 g/mol. The number of rotatable bonds is 3. The third-order valence-electron chi connectivity index (χ3n) is 3.03. The summed E-state index contributed by atoms with van der Waals surface area (Å²) < 4.78 is 10.7. The maximum Gasteiger partial charge on any atom is 0.346 e. The van der Waals surface area contributed by atoms with Gasteiger partial charge in [-0.3, -0.25) is 0 Å². The predicted octanol–water partition coefficient (Wildman–Crippen LogP) is 2.91. The molecule has 0 saturated carbocycles. The molecule has 0 amide bonds. The van der Waals surface area contributed by atoms with Crippen molar-refractivity contribution in [2.75, 3.05) is 6.61 Å². The lowest BCUT2D eigenvalue weighted by atomic mass is 9.88. The molecule has 1 aliphatic rings. The third-order valence-corrected chi connectivity index (χ3v) is 3.28. The lowest BCUT2D eigenvalue weighted by Crippen LogP contribution is -2.30. The Morgan fingerprint density at radius 3 is 2.29 bits per heavy atom. The average Bonchev–Trinajstić information content (AvgIpc) is 2.84. The lowest BCUT2D eigenvalue weighted by molar-refractivity contribution is -0.150. The third kappa shape index (κ3) is 1.83. The Bertz CT molecular complexity index is 438. The normalized spacial score (nSPS) is 25.4. The van der Waals surface area contributed by atoms with Gasteiger partial charge in [0.05, 0.1) is 6.61 Å². The van der Waals surface area contributed by atoms with Crippen molar-refractivity contribution < 1.29 is 14.3 Å². The summed E-state index contributed by atoms with van der Waals surface area (Å²) in [7, 11) is 0. The number of benzene rings is 1. The van der Waals surface area contributed by atoms with Crippen LogP contribution in [0.2, 0.25) is 5.02 Å². The van der Waals surface area contributed by atoms with Crippen molar-refractivity contribution in [2.24, 2.45) is 0 Å². The summed E-state index contributed by atoms with van der Waals surface area (Å²) in [4.78, 5) is 12.0. The minimum atomic E-state index is -0.979. The smallest absolute Gasteiger partial charge is 0.346 e. The Morgan fingerprint density at radius 2 is 1.88 bits per heavy atom. The Kier molecular flexibility index (Phi) is 2.92. The number of carbonyl (C=O) groups is 1. The van der Waals surface area contributed by atoms with Crippen LogP contribution < -0.4 is 0 Å². The van der Waals surface area contributed by atoms with Crippen molar-refractivity contribution in [1.82, 2.24) is 0 Å². The quantitative estimate of drug-likeness (QED) is 0.615. The summed E-state index contributed by atoms with van der Waals surface area (Å²) in [5, 5.41) is 0.631. The molecular weight excluding hydrogens is 240 g/mol. The Labute approximate surface area is 106 Å². The monoisotopic (exact) mass is 254 g/mol. The fourth-order valence-corrected chi connectivity index (χ4v) is 2.21. The first-order valence-corrected chi connectivity index (χ1v) is 5.95. The fraction of sp³-hybridized carbons (Fsp3) is 0.462. The summed E-state index contributed by atoms with van der Waals surface area (Å²) in [6.45, 7) is 5.87. The molecule has 1 aromatic rings. The predicted molar refractivity (Wildman–Crippen MR) is 64.9 cm³/mol. The molecule has 3 nitrogen and oxygen atoms in total. The van der Waals surface area contributed by atoms with Crippen molar-refractivity contribution in [3.05, 3.63) is 34.9 Å². The minimum absolute atomic E-state index is 0.340. The molecule has 17 heavy (non-hydrogen) atoms. The van der Waals surface area contributed by atoms with Gasteiger partial charge in [0.1, 0.15) is 5.60 Å². The first kappa shape index (κ1) is 12.4. The van der Waals surface area contributed by atoms with Crippen molar-refractivity contribution in [3.8, 4) is 0 Å². The van der Waals surface area contributed by atoms with Gasteiger partial charge in [-0.2, -0.15) is 0 Å². The van der Waals surface area contributed by atoms with Crippen LogP contribution in [0.3, 0.4) is 0 Å². The van der Waals surface area contributed by atoms with Crippen LogP contribution in [-0.4, -0.2) is 18.2 Å². The molecule has 0 aliphatic carbocycles. The summed E-state index contributed by atoms with van der Waals surface area (Å²) in [6.07, 6.45) is 0. The molecular formula is C13H15ClO3. The summed E-state index contributed by atoms with van der Waals surface area (Å²) >= 11 is 5.84. The standard InChI is InChI=1S/C13H15ClO3/c1-4-16-11(15)13(12(2,3)17-13)9-5-7-10(14)8-6-9/h5-8H,4H2,1-3H3. The van der Waals surface area contributed by atoms with Gasteiger partial charge in [-0.05, 0) is 38.5 Å².